The van der Waals surface area contributed by atoms with Gasteiger partial charge in [-0.1, -0.05) is 66.2 Å². The molecule has 0 aliphatic heterocycles. The highest BCUT2D eigenvalue weighted by molar-refractivity contribution is 6.30. The highest BCUT2D eigenvalue weighted by atomic mass is 35.5. The summed E-state index contributed by atoms with van der Waals surface area (Å²) in [4.78, 5) is 29.4. The Morgan fingerprint density at radius 2 is 1.67 bits per heavy atom. The number of carbonyl (C=O) groups excluding carboxylic acids is 1. The number of ether oxygens (including phenoxy) is 1. The van der Waals surface area contributed by atoms with E-state index in [0.29, 0.717) is 23.0 Å². The molecule has 196 valence electrons. The highest BCUT2D eigenvalue weighted by Crippen LogP contribution is 2.24. The van der Waals surface area contributed by atoms with Crippen molar-refractivity contribution >= 4 is 29.1 Å². The number of nitrogens with zero attached hydrogens (tertiary/aromatic N) is 2. The van der Waals surface area contributed by atoms with Crippen molar-refractivity contribution in [3.63, 3.8) is 0 Å². The van der Waals surface area contributed by atoms with E-state index in [1.165, 1.54) is 0 Å². The van der Waals surface area contributed by atoms with Gasteiger partial charge in [0.15, 0.2) is 0 Å². The van der Waals surface area contributed by atoms with Crippen LogP contribution in [0.15, 0.2) is 97.3 Å². The number of aliphatic carboxylic acids is 1. The summed E-state index contributed by atoms with van der Waals surface area (Å²) in [5.41, 5.74) is 5.38. The summed E-state index contributed by atoms with van der Waals surface area (Å²) >= 11 is 6.01. The molecule has 1 unspecified atom stereocenters. The maximum atomic E-state index is 13.0. The van der Waals surface area contributed by atoms with Crippen LogP contribution in [0.25, 0.3) is 16.8 Å². The second-order valence-electron chi connectivity index (χ2n) is 9.26. The lowest BCUT2D eigenvalue weighted by atomic mass is 10.1. The Balaban J connectivity index is 1.27. The third-order valence-electron chi connectivity index (χ3n) is 6.36. The molecule has 5 rings (SSSR count). The number of carbonyl (C=O) groups is 2. The van der Waals surface area contributed by atoms with Crippen LogP contribution in [0.4, 0.5) is 0 Å². The second kappa shape index (κ2) is 11.4. The number of imidazole rings is 1. The number of nitrogens with one attached hydrogen (secondary N) is 1. The van der Waals surface area contributed by atoms with E-state index in [0.717, 1.165) is 27.8 Å². The van der Waals surface area contributed by atoms with E-state index >= 15 is 0 Å². The summed E-state index contributed by atoms with van der Waals surface area (Å²) < 4.78 is 7.58. The van der Waals surface area contributed by atoms with E-state index in [4.69, 9.17) is 16.3 Å². The lowest BCUT2D eigenvalue weighted by Crippen LogP contribution is -2.42. The van der Waals surface area contributed by atoms with Crippen LogP contribution in [0.2, 0.25) is 5.02 Å². The molecule has 0 aliphatic carbocycles. The van der Waals surface area contributed by atoms with Crippen LogP contribution in [0.3, 0.4) is 0 Å². The monoisotopic (exact) mass is 539 g/mol. The smallest absolute Gasteiger partial charge is 0.326 e. The summed E-state index contributed by atoms with van der Waals surface area (Å²) in [7, 11) is 0. The molecule has 0 saturated heterocycles. The first-order chi connectivity index (χ1) is 18.9. The molecule has 0 aliphatic rings. The van der Waals surface area contributed by atoms with Crippen molar-refractivity contribution in [3.8, 4) is 16.9 Å². The van der Waals surface area contributed by atoms with E-state index in [1.54, 1.807) is 34.9 Å². The Hall–Kier alpha value is -4.62. The number of pyridine rings is 1. The molecule has 0 spiro atoms. The first-order valence-electron chi connectivity index (χ1n) is 12.4. The van der Waals surface area contributed by atoms with Crippen LogP contribution in [0, 0.1) is 6.92 Å². The van der Waals surface area contributed by atoms with Crippen molar-refractivity contribution in [2.24, 2.45) is 0 Å². The molecule has 1 amide bonds. The van der Waals surface area contributed by atoms with Crippen molar-refractivity contribution in [1.29, 1.82) is 0 Å². The number of amides is 1. The third kappa shape index (κ3) is 6.27. The van der Waals surface area contributed by atoms with Gasteiger partial charge in [0, 0.05) is 23.8 Å². The SMILES string of the molecule is Cc1cc(-c2ccc(Cl)cc2)cn2cc(C(=O)NC(Cc3ccc(OCc4ccccc4)cc3)C(=O)O)nc12. The molecule has 0 bridgehead atoms. The molecule has 2 N–H and O–H groups in total. The van der Waals surface area contributed by atoms with E-state index < -0.39 is 17.9 Å². The zero-order valence-electron chi connectivity index (χ0n) is 21.2. The molecule has 39 heavy (non-hydrogen) atoms. The lowest BCUT2D eigenvalue weighted by Gasteiger charge is -2.14. The molecule has 8 heteroatoms. The molecule has 0 saturated carbocycles. The summed E-state index contributed by atoms with van der Waals surface area (Å²) in [6.07, 6.45) is 3.60. The van der Waals surface area contributed by atoms with Crippen LogP contribution >= 0.6 is 11.6 Å². The minimum atomic E-state index is -1.13. The molecule has 5 aromatic rings. The molecule has 7 nitrogen and oxygen atoms in total. The van der Waals surface area contributed by atoms with Crippen LogP contribution in [-0.2, 0) is 17.8 Å². The van der Waals surface area contributed by atoms with Gasteiger partial charge in [-0.3, -0.25) is 4.79 Å². The Bertz CT molecular complexity index is 1610. The maximum absolute atomic E-state index is 13.0. The number of aryl methyl sites for hydroxylation is 1. The van der Waals surface area contributed by atoms with Gasteiger partial charge in [0.1, 0.15) is 29.7 Å². The first kappa shape index (κ1) is 26.0. The number of carboxylic acids is 1. The molecular weight excluding hydrogens is 514 g/mol. The van der Waals surface area contributed by atoms with Gasteiger partial charge in [-0.15, -0.1) is 0 Å². The van der Waals surface area contributed by atoms with E-state index in [1.807, 2.05) is 73.8 Å². The predicted octanol–water partition coefficient (Wildman–Crippen LogP) is 5.97. The largest absolute Gasteiger partial charge is 0.489 e. The summed E-state index contributed by atoms with van der Waals surface area (Å²) in [5, 5.41) is 13.1. The number of hydrogen-bond donors (Lipinski definition) is 2. The molecular formula is C31H26ClN3O4. The summed E-state index contributed by atoms with van der Waals surface area (Å²) in [5.74, 6) is -1.00. The maximum Gasteiger partial charge on any atom is 0.326 e. The molecule has 1 atom stereocenters. The zero-order chi connectivity index (χ0) is 27.4. The van der Waals surface area contributed by atoms with E-state index in [2.05, 4.69) is 10.3 Å². The van der Waals surface area contributed by atoms with Gasteiger partial charge < -0.3 is 19.6 Å². The van der Waals surface area contributed by atoms with Crippen LogP contribution in [0.5, 0.6) is 5.75 Å². The fourth-order valence-corrected chi connectivity index (χ4v) is 4.43. The van der Waals surface area contributed by atoms with Gasteiger partial charge in [-0.05, 0) is 65.1 Å². The lowest BCUT2D eigenvalue weighted by molar-refractivity contribution is -0.139. The van der Waals surface area contributed by atoms with Crippen LogP contribution in [-0.4, -0.2) is 32.4 Å². The topological polar surface area (TPSA) is 92.9 Å². The molecule has 3 aromatic carbocycles. The Labute approximate surface area is 230 Å². The number of fused-ring (bicyclic) bond motifs is 1. The third-order valence-corrected chi connectivity index (χ3v) is 6.61. The van der Waals surface area contributed by atoms with Crippen molar-refractivity contribution in [1.82, 2.24) is 14.7 Å². The number of benzene rings is 3. The quantitative estimate of drug-likeness (QED) is 0.241. The number of aromatic nitrogens is 2. The Morgan fingerprint density at radius 1 is 0.949 bits per heavy atom. The average Bonchev–Trinajstić information content (AvgIpc) is 3.38. The van der Waals surface area contributed by atoms with Crippen molar-refractivity contribution in [2.75, 3.05) is 0 Å². The number of halogens is 1. The molecule has 2 heterocycles. The van der Waals surface area contributed by atoms with Gasteiger partial charge in [-0.25, -0.2) is 9.78 Å². The number of rotatable bonds is 9. The van der Waals surface area contributed by atoms with E-state index in [-0.39, 0.29) is 12.1 Å². The second-order valence-corrected chi connectivity index (χ2v) is 9.70. The highest BCUT2D eigenvalue weighted by Gasteiger charge is 2.23. The van der Waals surface area contributed by atoms with Crippen molar-refractivity contribution in [3.05, 3.63) is 125 Å². The minimum absolute atomic E-state index is 0.118. The Morgan fingerprint density at radius 3 is 2.36 bits per heavy atom. The van der Waals surface area contributed by atoms with E-state index in [9.17, 15) is 14.7 Å². The Kier molecular flexibility index (Phi) is 7.61. The molecule has 2 aromatic heterocycles. The standard InChI is InChI=1S/C31H26ClN3O4/c1-20-15-24(23-9-11-25(32)12-10-23)17-35-18-28(33-29(20)35)30(36)34-27(31(37)38)16-21-7-13-26(14-8-21)39-19-22-5-3-2-4-6-22/h2-15,17-18,27H,16,19H2,1H3,(H,34,36)(H,37,38). The summed E-state index contributed by atoms with van der Waals surface area (Å²) in [6, 6.07) is 25.4. The van der Waals surface area contributed by atoms with Crippen molar-refractivity contribution in [2.45, 2.75) is 26.0 Å². The summed E-state index contributed by atoms with van der Waals surface area (Å²) in [6.45, 7) is 2.35. The van der Waals surface area contributed by atoms with Gasteiger partial charge in [-0.2, -0.15) is 0 Å². The fraction of sp³-hybridized carbons (Fsp3) is 0.129. The normalized spacial score (nSPS) is 11.7. The average molecular weight is 540 g/mol. The minimum Gasteiger partial charge on any atom is -0.489 e. The van der Waals surface area contributed by atoms with Crippen molar-refractivity contribution < 1.29 is 19.4 Å². The predicted molar refractivity (Wildman–Crippen MR) is 150 cm³/mol. The molecule has 0 radical (unpaired) electrons. The van der Waals surface area contributed by atoms with Gasteiger partial charge in [0.2, 0.25) is 0 Å². The number of hydrogen-bond acceptors (Lipinski definition) is 4. The van der Waals surface area contributed by atoms with Gasteiger partial charge >= 0.3 is 5.97 Å². The van der Waals surface area contributed by atoms with Gasteiger partial charge in [0.25, 0.3) is 5.91 Å². The zero-order valence-corrected chi connectivity index (χ0v) is 21.9. The first-order valence-corrected chi connectivity index (χ1v) is 12.8. The van der Waals surface area contributed by atoms with Gasteiger partial charge in [0.05, 0.1) is 0 Å². The van der Waals surface area contributed by atoms with Crippen LogP contribution < -0.4 is 10.1 Å². The molecule has 0 fully saturated rings. The fourth-order valence-electron chi connectivity index (χ4n) is 4.31. The van der Waals surface area contributed by atoms with Crippen LogP contribution in [0.1, 0.15) is 27.2 Å². The number of carboxylic acid groups (broad SMARTS) is 1.